The van der Waals surface area contributed by atoms with Crippen LogP contribution < -0.4 is 5.32 Å². The summed E-state index contributed by atoms with van der Waals surface area (Å²) in [5.74, 6) is 1.50. The number of hydrogen-bond donors (Lipinski definition) is 1. The summed E-state index contributed by atoms with van der Waals surface area (Å²) in [6.07, 6.45) is 6.52. The smallest absolute Gasteiger partial charge is 0.0509 e. The van der Waals surface area contributed by atoms with E-state index in [4.69, 9.17) is 4.74 Å². The molecule has 3 rings (SSSR count). The summed E-state index contributed by atoms with van der Waals surface area (Å²) in [5.41, 5.74) is 1.53. The average Bonchev–Trinajstić information content (AvgIpc) is 3.03. The average molecular weight is 273 g/mol. The molecule has 1 saturated carbocycles. The van der Waals surface area contributed by atoms with Crippen LogP contribution in [0.25, 0.3) is 0 Å². The zero-order valence-electron chi connectivity index (χ0n) is 12.6. The molecule has 0 spiro atoms. The fraction of sp³-hybridized carbons (Fsp3) is 0.667. The number of hydrogen-bond acceptors (Lipinski definition) is 2. The van der Waals surface area contributed by atoms with Crippen LogP contribution in [0.3, 0.4) is 0 Å². The largest absolute Gasteiger partial charge is 0.381 e. The van der Waals surface area contributed by atoms with Crippen molar-refractivity contribution in [3.05, 3.63) is 35.9 Å². The van der Waals surface area contributed by atoms with Crippen molar-refractivity contribution < 1.29 is 4.74 Å². The standard InChI is InChI=1S/C18H27NO/c1-14(17-11-12-20-13-17)19-18-9-7-16(8-10-18)15-5-3-2-4-6-15/h2-6,14,16-19H,7-13H2,1H3. The highest BCUT2D eigenvalue weighted by Gasteiger charge is 2.27. The Morgan fingerprint density at radius 1 is 1.05 bits per heavy atom. The van der Waals surface area contributed by atoms with Crippen LogP contribution >= 0.6 is 0 Å². The van der Waals surface area contributed by atoms with Gasteiger partial charge in [-0.2, -0.15) is 0 Å². The minimum Gasteiger partial charge on any atom is -0.381 e. The lowest BCUT2D eigenvalue weighted by Crippen LogP contribution is -2.42. The van der Waals surface area contributed by atoms with Crippen molar-refractivity contribution in [3.8, 4) is 0 Å². The lowest BCUT2D eigenvalue weighted by molar-refractivity contribution is 0.174. The predicted octanol–water partition coefficient (Wildman–Crippen LogP) is 3.73. The van der Waals surface area contributed by atoms with E-state index < -0.39 is 0 Å². The van der Waals surface area contributed by atoms with Gasteiger partial charge in [0, 0.05) is 18.7 Å². The van der Waals surface area contributed by atoms with Crippen molar-refractivity contribution in [3.63, 3.8) is 0 Å². The molecule has 2 heteroatoms. The van der Waals surface area contributed by atoms with Crippen molar-refractivity contribution in [2.45, 2.75) is 57.0 Å². The topological polar surface area (TPSA) is 21.3 Å². The summed E-state index contributed by atoms with van der Waals surface area (Å²) in [6.45, 7) is 4.24. The van der Waals surface area contributed by atoms with Crippen LogP contribution in [0.5, 0.6) is 0 Å². The van der Waals surface area contributed by atoms with E-state index in [1.807, 2.05) is 0 Å². The molecule has 0 radical (unpaired) electrons. The number of nitrogens with one attached hydrogen (secondary N) is 1. The van der Waals surface area contributed by atoms with Gasteiger partial charge in [0.1, 0.15) is 0 Å². The maximum atomic E-state index is 5.50. The van der Waals surface area contributed by atoms with Crippen LogP contribution in [-0.2, 0) is 4.74 Å². The third kappa shape index (κ3) is 3.42. The van der Waals surface area contributed by atoms with E-state index in [0.29, 0.717) is 12.1 Å². The molecule has 0 bridgehead atoms. The number of benzene rings is 1. The van der Waals surface area contributed by atoms with Crippen LogP contribution in [0.2, 0.25) is 0 Å². The Balaban J connectivity index is 1.46. The van der Waals surface area contributed by atoms with Crippen molar-refractivity contribution in [1.29, 1.82) is 0 Å². The zero-order valence-corrected chi connectivity index (χ0v) is 12.6. The van der Waals surface area contributed by atoms with Gasteiger partial charge >= 0.3 is 0 Å². The predicted molar refractivity (Wildman–Crippen MR) is 83.0 cm³/mol. The Labute approximate surface area is 122 Å². The molecule has 1 aromatic rings. The third-order valence-electron chi connectivity index (χ3n) is 5.17. The summed E-state index contributed by atoms with van der Waals surface area (Å²) in [5, 5.41) is 3.85. The lowest BCUT2D eigenvalue weighted by Gasteiger charge is -2.33. The molecule has 2 atom stereocenters. The van der Waals surface area contributed by atoms with E-state index in [0.717, 1.165) is 25.0 Å². The van der Waals surface area contributed by atoms with Crippen LogP contribution in [0.1, 0.15) is 50.5 Å². The van der Waals surface area contributed by atoms with Crippen LogP contribution in [0.15, 0.2) is 30.3 Å². The summed E-state index contributed by atoms with van der Waals surface area (Å²) in [6, 6.07) is 12.3. The molecular weight excluding hydrogens is 246 g/mol. The van der Waals surface area contributed by atoms with E-state index in [1.54, 1.807) is 0 Å². The zero-order chi connectivity index (χ0) is 13.8. The Morgan fingerprint density at radius 3 is 2.45 bits per heavy atom. The van der Waals surface area contributed by atoms with E-state index in [9.17, 15) is 0 Å². The molecule has 2 nitrogen and oxygen atoms in total. The first-order chi connectivity index (χ1) is 9.83. The van der Waals surface area contributed by atoms with Crippen molar-refractivity contribution in [1.82, 2.24) is 5.32 Å². The van der Waals surface area contributed by atoms with E-state index in [2.05, 4.69) is 42.6 Å². The lowest BCUT2D eigenvalue weighted by atomic mass is 9.81. The number of ether oxygens (including phenoxy) is 1. The second-order valence-electron chi connectivity index (χ2n) is 6.54. The molecule has 2 aliphatic rings. The molecule has 1 aliphatic carbocycles. The monoisotopic (exact) mass is 273 g/mol. The van der Waals surface area contributed by atoms with Gasteiger partial charge in [-0.3, -0.25) is 0 Å². The highest BCUT2D eigenvalue weighted by molar-refractivity contribution is 5.20. The van der Waals surface area contributed by atoms with Gasteiger partial charge in [-0.1, -0.05) is 30.3 Å². The fourth-order valence-electron chi connectivity index (χ4n) is 3.77. The summed E-state index contributed by atoms with van der Waals surface area (Å²) in [4.78, 5) is 0. The van der Waals surface area contributed by atoms with Crippen LogP contribution in [0, 0.1) is 5.92 Å². The van der Waals surface area contributed by atoms with Crippen LogP contribution in [0.4, 0.5) is 0 Å². The van der Waals surface area contributed by atoms with E-state index in [-0.39, 0.29) is 0 Å². The molecule has 1 N–H and O–H groups in total. The highest BCUT2D eigenvalue weighted by Crippen LogP contribution is 2.33. The first-order valence-corrected chi connectivity index (χ1v) is 8.21. The quantitative estimate of drug-likeness (QED) is 0.902. The molecular formula is C18H27NO. The van der Waals surface area contributed by atoms with Crippen molar-refractivity contribution in [2.24, 2.45) is 5.92 Å². The van der Waals surface area contributed by atoms with E-state index >= 15 is 0 Å². The molecule has 1 saturated heterocycles. The minimum atomic E-state index is 0.607. The normalized spacial score (nSPS) is 32.1. The maximum absolute atomic E-state index is 5.50. The minimum absolute atomic E-state index is 0.607. The SMILES string of the molecule is CC(NC1CCC(c2ccccc2)CC1)C1CCOC1. The molecule has 110 valence electrons. The van der Waals surface area contributed by atoms with Crippen LogP contribution in [-0.4, -0.2) is 25.3 Å². The molecule has 1 aliphatic heterocycles. The Kier molecular flexibility index (Phi) is 4.74. The first-order valence-electron chi connectivity index (χ1n) is 8.21. The van der Waals surface area contributed by atoms with Gasteiger partial charge < -0.3 is 10.1 Å². The Morgan fingerprint density at radius 2 is 1.80 bits per heavy atom. The number of rotatable bonds is 4. The fourth-order valence-corrected chi connectivity index (χ4v) is 3.77. The second-order valence-corrected chi connectivity index (χ2v) is 6.54. The van der Waals surface area contributed by atoms with Crippen molar-refractivity contribution in [2.75, 3.05) is 13.2 Å². The van der Waals surface area contributed by atoms with Gasteiger partial charge in [-0.05, 0) is 56.4 Å². The summed E-state index contributed by atoms with van der Waals surface area (Å²) < 4.78 is 5.50. The molecule has 0 aromatic heterocycles. The summed E-state index contributed by atoms with van der Waals surface area (Å²) in [7, 11) is 0. The molecule has 0 amide bonds. The van der Waals surface area contributed by atoms with Crippen molar-refractivity contribution >= 4 is 0 Å². The summed E-state index contributed by atoms with van der Waals surface area (Å²) >= 11 is 0. The van der Waals surface area contributed by atoms with Gasteiger partial charge in [-0.15, -0.1) is 0 Å². The van der Waals surface area contributed by atoms with Gasteiger partial charge in [-0.25, -0.2) is 0 Å². The van der Waals surface area contributed by atoms with E-state index in [1.165, 1.54) is 37.7 Å². The Hall–Kier alpha value is -0.860. The second kappa shape index (κ2) is 6.73. The van der Waals surface area contributed by atoms with Gasteiger partial charge in [0.2, 0.25) is 0 Å². The highest BCUT2D eigenvalue weighted by atomic mass is 16.5. The maximum Gasteiger partial charge on any atom is 0.0509 e. The first kappa shape index (κ1) is 14.1. The third-order valence-corrected chi connectivity index (χ3v) is 5.17. The van der Waals surface area contributed by atoms with Gasteiger partial charge in [0.15, 0.2) is 0 Å². The molecule has 1 heterocycles. The molecule has 20 heavy (non-hydrogen) atoms. The molecule has 2 fully saturated rings. The van der Waals surface area contributed by atoms with Gasteiger partial charge in [0.05, 0.1) is 6.61 Å². The molecule has 1 aromatic carbocycles. The Bertz CT molecular complexity index is 391. The van der Waals surface area contributed by atoms with Gasteiger partial charge in [0.25, 0.3) is 0 Å². The molecule has 2 unspecified atom stereocenters.